The standard InChI is InChI=1S/C20H22BrNO4/c1-13-4-5-16(10-14(13)2)15(3)22-19(23)11-26-20(24)12-25-18-8-6-17(21)7-9-18/h4-10,15H,11-12H2,1-3H3,(H,22,23)/t15-/m0/s1. The van der Waals surface area contributed by atoms with Crippen LogP contribution < -0.4 is 10.1 Å². The van der Waals surface area contributed by atoms with Crippen molar-refractivity contribution in [2.45, 2.75) is 26.8 Å². The molecular formula is C20H22BrNO4. The van der Waals surface area contributed by atoms with Crippen LogP contribution in [0, 0.1) is 13.8 Å². The summed E-state index contributed by atoms with van der Waals surface area (Å²) in [5.74, 6) is -0.396. The molecular weight excluding hydrogens is 398 g/mol. The first kappa shape index (κ1) is 20.0. The maximum atomic E-state index is 12.0. The zero-order chi connectivity index (χ0) is 19.1. The molecule has 1 atom stereocenters. The number of rotatable bonds is 7. The molecule has 0 aromatic heterocycles. The molecule has 2 aromatic carbocycles. The van der Waals surface area contributed by atoms with Crippen LogP contribution in [0.15, 0.2) is 46.9 Å². The zero-order valence-corrected chi connectivity index (χ0v) is 16.6. The van der Waals surface area contributed by atoms with Crippen molar-refractivity contribution in [2.75, 3.05) is 13.2 Å². The first-order chi connectivity index (χ1) is 12.3. The summed E-state index contributed by atoms with van der Waals surface area (Å²) in [4.78, 5) is 23.6. The molecule has 2 rings (SSSR count). The van der Waals surface area contributed by atoms with Crippen LogP contribution in [-0.2, 0) is 14.3 Å². The van der Waals surface area contributed by atoms with Crippen LogP contribution in [-0.4, -0.2) is 25.1 Å². The summed E-state index contributed by atoms with van der Waals surface area (Å²) < 4.78 is 11.2. The minimum atomic E-state index is -0.595. The van der Waals surface area contributed by atoms with E-state index in [4.69, 9.17) is 9.47 Å². The molecule has 1 amide bonds. The van der Waals surface area contributed by atoms with Gasteiger partial charge in [0.1, 0.15) is 5.75 Å². The summed E-state index contributed by atoms with van der Waals surface area (Å²) in [6.45, 7) is 5.37. The highest BCUT2D eigenvalue weighted by molar-refractivity contribution is 9.10. The lowest BCUT2D eigenvalue weighted by molar-refractivity contribution is -0.150. The molecule has 2 aromatic rings. The number of amides is 1. The molecule has 0 heterocycles. The van der Waals surface area contributed by atoms with Gasteiger partial charge < -0.3 is 14.8 Å². The fraction of sp³-hybridized carbons (Fsp3) is 0.300. The second-order valence-corrected chi connectivity index (χ2v) is 6.95. The van der Waals surface area contributed by atoms with Gasteiger partial charge in [0, 0.05) is 4.47 Å². The van der Waals surface area contributed by atoms with Gasteiger partial charge in [0.2, 0.25) is 0 Å². The molecule has 0 aliphatic heterocycles. The Morgan fingerprint density at radius 3 is 2.38 bits per heavy atom. The van der Waals surface area contributed by atoms with Gasteiger partial charge in [0.05, 0.1) is 6.04 Å². The van der Waals surface area contributed by atoms with Gasteiger partial charge in [0.25, 0.3) is 5.91 Å². The minimum absolute atomic E-state index is 0.167. The molecule has 0 spiro atoms. The molecule has 5 nitrogen and oxygen atoms in total. The van der Waals surface area contributed by atoms with Crippen LogP contribution in [0.4, 0.5) is 0 Å². The Morgan fingerprint density at radius 1 is 1.04 bits per heavy atom. The van der Waals surface area contributed by atoms with Crippen molar-refractivity contribution < 1.29 is 19.1 Å². The van der Waals surface area contributed by atoms with Crippen molar-refractivity contribution in [1.82, 2.24) is 5.32 Å². The Kier molecular flexibility index (Phi) is 7.21. The quantitative estimate of drug-likeness (QED) is 0.691. The maximum Gasteiger partial charge on any atom is 0.344 e. The average Bonchev–Trinajstić information content (AvgIpc) is 2.61. The largest absolute Gasteiger partial charge is 0.482 e. The normalized spacial score (nSPS) is 11.5. The number of carbonyl (C=O) groups is 2. The molecule has 0 saturated heterocycles. The van der Waals surface area contributed by atoms with Crippen LogP contribution in [0.1, 0.15) is 29.7 Å². The number of carbonyl (C=O) groups excluding carboxylic acids is 2. The highest BCUT2D eigenvalue weighted by Gasteiger charge is 2.13. The summed E-state index contributed by atoms with van der Waals surface area (Å²) >= 11 is 3.32. The van der Waals surface area contributed by atoms with E-state index in [0.29, 0.717) is 5.75 Å². The van der Waals surface area contributed by atoms with Gasteiger partial charge >= 0.3 is 5.97 Å². The SMILES string of the molecule is Cc1ccc([C@H](C)NC(=O)COC(=O)COc2ccc(Br)cc2)cc1C. The predicted molar refractivity (Wildman–Crippen MR) is 103 cm³/mol. The average molecular weight is 420 g/mol. The van der Waals surface area contributed by atoms with Crippen LogP contribution in [0.2, 0.25) is 0 Å². The lowest BCUT2D eigenvalue weighted by atomic mass is 10.0. The zero-order valence-electron chi connectivity index (χ0n) is 15.0. The number of hydrogen-bond acceptors (Lipinski definition) is 4. The molecule has 26 heavy (non-hydrogen) atoms. The van der Waals surface area contributed by atoms with Gasteiger partial charge in [0.15, 0.2) is 13.2 Å². The molecule has 0 saturated carbocycles. The molecule has 0 radical (unpaired) electrons. The van der Waals surface area contributed by atoms with Crippen molar-refractivity contribution in [3.63, 3.8) is 0 Å². The van der Waals surface area contributed by atoms with E-state index in [1.165, 1.54) is 11.1 Å². The topological polar surface area (TPSA) is 64.6 Å². The summed E-state index contributed by atoms with van der Waals surface area (Å²) in [7, 11) is 0. The smallest absolute Gasteiger partial charge is 0.344 e. The highest BCUT2D eigenvalue weighted by Crippen LogP contribution is 2.17. The third-order valence-corrected chi connectivity index (χ3v) is 4.47. The molecule has 0 bridgehead atoms. The first-order valence-electron chi connectivity index (χ1n) is 8.25. The molecule has 0 aliphatic carbocycles. The Hall–Kier alpha value is -2.34. The second kappa shape index (κ2) is 9.38. The summed E-state index contributed by atoms with van der Waals surface area (Å²) in [6, 6.07) is 12.9. The van der Waals surface area contributed by atoms with E-state index in [9.17, 15) is 9.59 Å². The number of halogens is 1. The van der Waals surface area contributed by atoms with E-state index >= 15 is 0 Å². The Labute approximate surface area is 161 Å². The Bertz CT molecular complexity index is 774. The van der Waals surface area contributed by atoms with Crippen LogP contribution in [0.3, 0.4) is 0 Å². The van der Waals surface area contributed by atoms with Gasteiger partial charge in [-0.25, -0.2) is 4.79 Å². The molecule has 138 valence electrons. The van der Waals surface area contributed by atoms with Crippen molar-refractivity contribution in [1.29, 1.82) is 0 Å². The summed E-state index contributed by atoms with van der Waals surface area (Å²) in [5, 5.41) is 2.82. The van der Waals surface area contributed by atoms with Crippen molar-refractivity contribution in [3.05, 3.63) is 63.6 Å². The lowest BCUT2D eigenvalue weighted by Crippen LogP contribution is -2.32. The van der Waals surface area contributed by atoms with Gasteiger partial charge in [-0.1, -0.05) is 34.1 Å². The number of benzene rings is 2. The number of ether oxygens (including phenoxy) is 2. The van der Waals surface area contributed by atoms with Gasteiger partial charge in [-0.3, -0.25) is 4.79 Å². The second-order valence-electron chi connectivity index (χ2n) is 6.04. The van der Waals surface area contributed by atoms with E-state index < -0.39 is 5.97 Å². The summed E-state index contributed by atoms with van der Waals surface area (Å²) in [6.07, 6.45) is 0. The molecule has 0 aliphatic rings. The number of nitrogens with one attached hydrogen (secondary N) is 1. The molecule has 0 fully saturated rings. The van der Waals surface area contributed by atoms with Gasteiger partial charge in [-0.15, -0.1) is 0 Å². The van der Waals surface area contributed by atoms with Crippen molar-refractivity contribution >= 4 is 27.8 Å². The highest BCUT2D eigenvalue weighted by atomic mass is 79.9. The Morgan fingerprint density at radius 2 is 1.73 bits per heavy atom. The monoisotopic (exact) mass is 419 g/mol. The maximum absolute atomic E-state index is 12.0. The summed E-state index contributed by atoms with van der Waals surface area (Å²) in [5.41, 5.74) is 3.37. The fourth-order valence-corrected chi connectivity index (χ4v) is 2.53. The number of esters is 1. The van der Waals surface area contributed by atoms with E-state index in [-0.39, 0.29) is 25.2 Å². The van der Waals surface area contributed by atoms with E-state index in [2.05, 4.69) is 21.2 Å². The molecule has 6 heteroatoms. The van der Waals surface area contributed by atoms with Crippen molar-refractivity contribution in [3.8, 4) is 5.75 Å². The van der Waals surface area contributed by atoms with Gasteiger partial charge in [-0.2, -0.15) is 0 Å². The third-order valence-electron chi connectivity index (χ3n) is 3.94. The third kappa shape index (κ3) is 6.19. The lowest BCUT2D eigenvalue weighted by Gasteiger charge is -2.16. The molecule has 1 N–H and O–H groups in total. The number of hydrogen-bond donors (Lipinski definition) is 1. The number of aryl methyl sites for hydroxylation is 2. The first-order valence-corrected chi connectivity index (χ1v) is 9.05. The van der Waals surface area contributed by atoms with E-state index in [0.717, 1.165) is 10.0 Å². The van der Waals surface area contributed by atoms with Crippen molar-refractivity contribution in [2.24, 2.45) is 0 Å². The van der Waals surface area contributed by atoms with Crippen LogP contribution >= 0.6 is 15.9 Å². The minimum Gasteiger partial charge on any atom is -0.482 e. The van der Waals surface area contributed by atoms with Crippen LogP contribution in [0.25, 0.3) is 0 Å². The van der Waals surface area contributed by atoms with E-state index in [1.807, 2.05) is 51.1 Å². The predicted octanol–water partition coefficient (Wildman–Crippen LogP) is 3.87. The fourth-order valence-electron chi connectivity index (χ4n) is 2.26. The molecule has 0 unspecified atom stereocenters. The van der Waals surface area contributed by atoms with Gasteiger partial charge in [-0.05, 0) is 61.7 Å². The van der Waals surface area contributed by atoms with E-state index in [1.54, 1.807) is 12.1 Å². The van der Waals surface area contributed by atoms with Crippen LogP contribution in [0.5, 0.6) is 5.75 Å². The Balaban J connectivity index is 1.74.